The molecule has 1 N–H and O–H groups in total. The second-order valence-corrected chi connectivity index (χ2v) is 10.4. The van der Waals surface area contributed by atoms with E-state index in [4.69, 9.17) is 0 Å². The van der Waals surface area contributed by atoms with Crippen LogP contribution in [0.5, 0.6) is 0 Å². The average Bonchev–Trinajstić information content (AvgIpc) is 3.16. The summed E-state index contributed by atoms with van der Waals surface area (Å²) in [4.78, 5) is 4.65. The van der Waals surface area contributed by atoms with Gasteiger partial charge in [-0.25, -0.2) is 4.98 Å². The zero-order valence-electron chi connectivity index (χ0n) is 18.6. The Balaban J connectivity index is 1.28. The van der Waals surface area contributed by atoms with Crippen LogP contribution >= 0.6 is 23.3 Å². The van der Waals surface area contributed by atoms with Gasteiger partial charge in [-0.3, -0.25) is 4.72 Å². The molecule has 2 rings (SSSR count). The minimum Gasteiger partial charge on any atom is -0.258 e. The second kappa shape index (κ2) is 17.1. The summed E-state index contributed by atoms with van der Waals surface area (Å²) >= 11 is 3.47. The van der Waals surface area contributed by atoms with Gasteiger partial charge in [-0.05, 0) is 30.5 Å². The van der Waals surface area contributed by atoms with Gasteiger partial charge in [0.25, 0.3) is 0 Å². The Labute approximate surface area is 187 Å². The Morgan fingerprint density at radius 1 is 0.724 bits per heavy atom. The van der Waals surface area contributed by atoms with Gasteiger partial charge < -0.3 is 0 Å². The molecule has 0 amide bonds. The van der Waals surface area contributed by atoms with Gasteiger partial charge >= 0.3 is 0 Å². The smallest absolute Gasteiger partial charge is 0.166 e. The molecule has 1 aromatic heterocycles. The van der Waals surface area contributed by atoms with Crippen LogP contribution in [-0.2, 0) is 0 Å². The summed E-state index contributed by atoms with van der Waals surface area (Å²) in [5.41, 5.74) is 1.12. The lowest BCUT2D eigenvalue weighted by atomic mass is 10.0. The zero-order chi connectivity index (χ0) is 20.4. The SMILES string of the molecule is CCCCCCCCCCCCCCCCCCNSc1nc2ccccc2s1. The van der Waals surface area contributed by atoms with Crippen molar-refractivity contribution >= 4 is 33.5 Å². The molecular weight excluding hydrogens is 392 g/mol. The molecule has 29 heavy (non-hydrogen) atoms. The highest BCUT2D eigenvalue weighted by molar-refractivity contribution is 7.99. The van der Waals surface area contributed by atoms with Crippen LogP contribution in [0.3, 0.4) is 0 Å². The molecule has 2 aromatic rings. The molecule has 2 nitrogen and oxygen atoms in total. The topological polar surface area (TPSA) is 24.9 Å². The number of unbranched alkanes of at least 4 members (excludes halogenated alkanes) is 15. The first kappa shape index (κ1) is 24.7. The molecular formula is C25H42N2S2. The third kappa shape index (κ3) is 12.0. The number of benzene rings is 1. The van der Waals surface area contributed by atoms with Crippen LogP contribution in [0, 0.1) is 0 Å². The first-order chi connectivity index (χ1) is 14.4. The van der Waals surface area contributed by atoms with Gasteiger partial charge in [0, 0.05) is 6.54 Å². The molecule has 1 aromatic carbocycles. The van der Waals surface area contributed by atoms with E-state index in [9.17, 15) is 0 Å². The largest absolute Gasteiger partial charge is 0.258 e. The van der Waals surface area contributed by atoms with Gasteiger partial charge in [-0.1, -0.05) is 115 Å². The Morgan fingerprint density at radius 3 is 1.79 bits per heavy atom. The molecule has 0 fully saturated rings. The quantitative estimate of drug-likeness (QED) is 0.176. The summed E-state index contributed by atoms with van der Waals surface area (Å²) in [6, 6.07) is 8.37. The van der Waals surface area contributed by atoms with Crippen LogP contribution in [-0.4, -0.2) is 11.5 Å². The van der Waals surface area contributed by atoms with Crippen LogP contribution in [0.2, 0.25) is 0 Å². The Morgan fingerprint density at radius 2 is 1.24 bits per heavy atom. The third-order valence-corrected chi connectivity index (χ3v) is 7.51. The van der Waals surface area contributed by atoms with Gasteiger partial charge in [0.05, 0.1) is 10.2 Å². The van der Waals surface area contributed by atoms with Crippen molar-refractivity contribution in [2.75, 3.05) is 6.54 Å². The Kier molecular flexibility index (Phi) is 14.6. The van der Waals surface area contributed by atoms with Crippen molar-refractivity contribution in [3.05, 3.63) is 24.3 Å². The van der Waals surface area contributed by atoms with E-state index in [0.29, 0.717) is 0 Å². The predicted molar refractivity (Wildman–Crippen MR) is 133 cm³/mol. The minimum absolute atomic E-state index is 1.08. The van der Waals surface area contributed by atoms with Crippen LogP contribution in [0.1, 0.15) is 110 Å². The molecule has 0 saturated carbocycles. The molecule has 0 bridgehead atoms. The third-order valence-electron chi connectivity index (χ3n) is 5.57. The lowest BCUT2D eigenvalue weighted by Gasteiger charge is -2.04. The van der Waals surface area contributed by atoms with Crippen LogP contribution in [0.15, 0.2) is 28.6 Å². The molecule has 164 valence electrons. The molecule has 0 aliphatic carbocycles. The lowest BCUT2D eigenvalue weighted by molar-refractivity contribution is 0.529. The van der Waals surface area contributed by atoms with E-state index >= 15 is 0 Å². The summed E-state index contributed by atoms with van der Waals surface area (Å²) in [6.45, 7) is 3.38. The number of hydrogen-bond acceptors (Lipinski definition) is 4. The van der Waals surface area contributed by atoms with Crippen LogP contribution in [0.25, 0.3) is 10.2 Å². The maximum atomic E-state index is 4.65. The highest BCUT2D eigenvalue weighted by Crippen LogP contribution is 2.27. The maximum absolute atomic E-state index is 4.65. The van der Waals surface area contributed by atoms with E-state index in [2.05, 4.69) is 40.9 Å². The molecule has 0 aliphatic heterocycles. The summed E-state index contributed by atoms with van der Waals surface area (Å²) in [5.74, 6) is 0. The van der Waals surface area contributed by atoms with Crippen molar-refractivity contribution in [2.24, 2.45) is 0 Å². The van der Waals surface area contributed by atoms with Crippen molar-refractivity contribution in [1.29, 1.82) is 0 Å². The highest BCUT2D eigenvalue weighted by atomic mass is 32.2. The predicted octanol–water partition coefficient (Wildman–Crippen LogP) is 9.15. The fraction of sp³-hybridized carbons (Fsp3) is 0.720. The number of nitrogens with one attached hydrogen (secondary N) is 1. The summed E-state index contributed by atoms with van der Waals surface area (Å²) in [5, 5.41) is 0. The zero-order valence-corrected chi connectivity index (χ0v) is 20.2. The number of thiazole rings is 1. The van der Waals surface area contributed by atoms with Crippen molar-refractivity contribution in [3.63, 3.8) is 0 Å². The van der Waals surface area contributed by atoms with E-state index in [0.717, 1.165) is 16.4 Å². The lowest BCUT2D eigenvalue weighted by Crippen LogP contribution is -2.04. The van der Waals surface area contributed by atoms with Gasteiger partial charge in [0.15, 0.2) is 4.34 Å². The number of fused-ring (bicyclic) bond motifs is 1. The molecule has 0 radical (unpaired) electrons. The number of aromatic nitrogens is 1. The first-order valence-electron chi connectivity index (χ1n) is 12.2. The normalized spacial score (nSPS) is 11.5. The van der Waals surface area contributed by atoms with Crippen molar-refractivity contribution < 1.29 is 0 Å². The Hall–Kier alpha value is -0.580. The van der Waals surface area contributed by atoms with E-state index < -0.39 is 0 Å². The number of nitrogens with zero attached hydrogens (tertiary/aromatic N) is 1. The first-order valence-corrected chi connectivity index (χ1v) is 13.8. The van der Waals surface area contributed by atoms with E-state index in [1.165, 1.54) is 107 Å². The van der Waals surface area contributed by atoms with Crippen molar-refractivity contribution in [1.82, 2.24) is 9.71 Å². The summed E-state index contributed by atoms with van der Waals surface area (Å²) in [6.07, 6.45) is 22.8. The van der Waals surface area contributed by atoms with E-state index in [-0.39, 0.29) is 0 Å². The van der Waals surface area contributed by atoms with Gasteiger partial charge in [0.2, 0.25) is 0 Å². The fourth-order valence-electron chi connectivity index (χ4n) is 3.75. The van der Waals surface area contributed by atoms with Crippen molar-refractivity contribution in [2.45, 2.75) is 114 Å². The number of rotatable bonds is 19. The molecule has 0 saturated heterocycles. The number of hydrogen-bond donors (Lipinski definition) is 1. The molecule has 0 aliphatic rings. The van der Waals surface area contributed by atoms with E-state index in [1.807, 2.05) is 0 Å². The highest BCUT2D eigenvalue weighted by Gasteiger charge is 2.03. The second-order valence-electron chi connectivity index (χ2n) is 8.25. The molecule has 4 heteroatoms. The average molecular weight is 435 g/mol. The van der Waals surface area contributed by atoms with Gasteiger partial charge in [0.1, 0.15) is 0 Å². The molecule has 0 unspecified atom stereocenters. The monoisotopic (exact) mass is 434 g/mol. The maximum Gasteiger partial charge on any atom is 0.166 e. The van der Waals surface area contributed by atoms with Crippen molar-refractivity contribution in [3.8, 4) is 0 Å². The molecule has 1 heterocycles. The Bertz CT molecular complexity index is 593. The molecule has 0 atom stereocenters. The van der Waals surface area contributed by atoms with E-state index in [1.54, 1.807) is 23.3 Å². The van der Waals surface area contributed by atoms with Crippen LogP contribution in [0.4, 0.5) is 0 Å². The fourth-order valence-corrected chi connectivity index (χ4v) is 5.58. The molecule has 0 spiro atoms. The standard InChI is InChI=1S/C25H42N2S2/c1-2-3-4-5-6-7-8-9-10-11-12-13-14-15-16-19-22-26-29-25-27-23-20-17-18-21-24(23)28-25/h17-18,20-21,26H,2-16,19,22H2,1H3. The summed E-state index contributed by atoms with van der Waals surface area (Å²) < 4.78 is 5.88. The van der Waals surface area contributed by atoms with Gasteiger partial charge in [-0.15, -0.1) is 11.3 Å². The van der Waals surface area contributed by atoms with Gasteiger partial charge in [-0.2, -0.15) is 0 Å². The van der Waals surface area contributed by atoms with Crippen LogP contribution < -0.4 is 4.72 Å². The number of para-hydroxylation sites is 1. The minimum atomic E-state index is 1.08. The summed E-state index contributed by atoms with van der Waals surface area (Å²) in [7, 11) is 0.